The normalized spacial score (nSPS) is 24.8. The molecule has 0 aromatic heterocycles. The summed E-state index contributed by atoms with van der Waals surface area (Å²) in [6, 6.07) is 12.6. The number of allylic oxidation sites excluding steroid dienone is 1. The molecule has 2 aromatic rings. The molecule has 2 aliphatic rings. The van der Waals surface area contributed by atoms with Gasteiger partial charge in [0.1, 0.15) is 0 Å². The Labute approximate surface area is 198 Å². The van der Waals surface area contributed by atoms with Crippen LogP contribution in [0.25, 0.3) is 0 Å². The van der Waals surface area contributed by atoms with Gasteiger partial charge in [-0.05, 0) is 104 Å². The van der Waals surface area contributed by atoms with Gasteiger partial charge in [0, 0.05) is 0 Å². The van der Waals surface area contributed by atoms with E-state index in [0.717, 1.165) is 31.1 Å². The second kappa shape index (κ2) is 11.3. The maximum absolute atomic E-state index is 14.5. The van der Waals surface area contributed by atoms with Crippen molar-refractivity contribution in [3.05, 3.63) is 77.4 Å². The molecular weight excluding hydrogens is 414 g/mol. The summed E-state index contributed by atoms with van der Waals surface area (Å²) in [7, 11) is 0. The highest BCUT2D eigenvalue weighted by Gasteiger charge is 2.36. The third-order valence-electron chi connectivity index (χ3n) is 7.93. The summed E-state index contributed by atoms with van der Waals surface area (Å²) in [5.41, 5.74) is 3.34. The number of ether oxygens (including phenoxy) is 1. The lowest BCUT2D eigenvalue weighted by molar-refractivity contribution is 0.0902. The molecule has 2 fully saturated rings. The van der Waals surface area contributed by atoms with E-state index in [1.807, 2.05) is 0 Å². The Kier molecular flexibility index (Phi) is 8.22. The van der Waals surface area contributed by atoms with Crippen molar-refractivity contribution in [2.45, 2.75) is 77.0 Å². The fraction of sp³-hybridized carbons (Fsp3) is 0.533. The van der Waals surface area contributed by atoms with Gasteiger partial charge in [-0.3, -0.25) is 0 Å². The van der Waals surface area contributed by atoms with Gasteiger partial charge in [0.15, 0.2) is 11.6 Å². The van der Waals surface area contributed by atoms with Gasteiger partial charge in [-0.25, -0.2) is 4.39 Å². The lowest BCUT2D eigenvalue weighted by atomic mass is 9.64. The molecule has 3 heteroatoms. The zero-order chi connectivity index (χ0) is 23.2. The van der Waals surface area contributed by atoms with Crippen LogP contribution in [0.1, 0.15) is 80.9 Å². The molecule has 2 aliphatic carbocycles. The van der Waals surface area contributed by atoms with E-state index >= 15 is 0 Å². The van der Waals surface area contributed by atoms with Crippen molar-refractivity contribution < 1.29 is 13.5 Å². The lowest BCUT2D eigenvalue weighted by Gasteiger charge is -2.42. The van der Waals surface area contributed by atoms with Crippen LogP contribution in [0.5, 0.6) is 5.75 Å². The van der Waals surface area contributed by atoms with Crippen molar-refractivity contribution in [3.63, 3.8) is 0 Å². The van der Waals surface area contributed by atoms with Crippen LogP contribution in [0.3, 0.4) is 0 Å². The first-order valence-corrected chi connectivity index (χ1v) is 12.9. The van der Waals surface area contributed by atoms with E-state index in [4.69, 9.17) is 4.74 Å². The fourth-order valence-corrected chi connectivity index (χ4v) is 6.03. The van der Waals surface area contributed by atoms with Crippen LogP contribution in [-0.2, 0) is 12.8 Å². The molecule has 0 N–H and O–H groups in total. The third kappa shape index (κ3) is 5.86. The maximum atomic E-state index is 14.5. The molecule has 4 rings (SSSR count). The number of benzene rings is 2. The van der Waals surface area contributed by atoms with Gasteiger partial charge in [-0.1, -0.05) is 49.8 Å². The summed E-state index contributed by atoms with van der Waals surface area (Å²) >= 11 is 0. The summed E-state index contributed by atoms with van der Waals surface area (Å²) in [5, 5.41) is 0. The van der Waals surface area contributed by atoms with Crippen molar-refractivity contribution in [1.82, 2.24) is 0 Å². The Morgan fingerprint density at radius 2 is 1.67 bits per heavy atom. The molecule has 178 valence electrons. The summed E-state index contributed by atoms with van der Waals surface area (Å²) in [5.74, 6) is 1.06. The molecule has 4 unspecified atom stereocenters. The van der Waals surface area contributed by atoms with Crippen LogP contribution in [0, 0.1) is 29.4 Å². The summed E-state index contributed by atoms with van der Waals surface area (Å²) < 4.78 is 34.6. The van der Waals surface area contributed by atoms with E-state index in [1.54, 1.807) is 18.2 Å². The molecule has 33 heavy (non-hydrogen) atoms. The maximum Gasteiger partial charge on any atom is 0.200 e. The second-order valence-corrected chi connectivity index (χ2v) is 10.2. The quantitative estimate of drug-likeness (QED) is 0.347. The Balaban J connectivity index is 1.28. The number of halogens is 2. The van der Waals surface area contributed by atoms with E-state index in [9.17, 15) is 8.78 Å². The van der Waals surface area contributed by atoms with E-state index in [0.29, 0.717) is 36.8 Å². The number of aryl methyl sites for hydroxylation is 2. The van der Waals surface area contributed by atoms with Crippen LogP contribution >= 0.6 is 0 Å². The predicted molar refractivity (Wildman–Crippen MR) is 132 cm³/mol. The average Bonchev–Trinajstić information content (AvgIpc) is 2.84. The predicted octanol–water partition coefficient (Wildman–Crippen LogP) is 8.41. The van der Waals surface area contributed by atoms with Gasteiger partial charge in [0.05, 0.1) is 6.61 Å². The highest BCUT2D eigenvalue weighted by atomic mass is 19.2. The first-order chi connectivity index (χ1) is 16.1. The Bertz CT molecular complexity index is 920. The molecule has 1 nitrogen and oxygen atoms in total. The molecule has 0 heterocycles. The van der Waals surface area contributed by atoms with Crippen molar-refractivity contribution in [1.29, 1.82) is 0 Å². The molecule has 0 aliphatic heterocycles. The molecule has 0 saturated heterocycles. The van der Waals surface area contributed by atoms with Crippen molar-refractivity contribution in [2.24, 2.45) is 17.8 Å². The summed E-state index contributed by atoms with van der Waals surface area (Å²) in [4.78, 5) is 0. The Morgan fingerprint density at radius 3 is 2.42 bits per heavy atom. The molecule has 0 radical (unpaired) electrons. The topological polar surface area (TPSA) is 9.23 Å². The van der Waals surface area contributed by atoms with Gasteiger partial charge in [-0.2, -0.15) is 4.39 Å². The minimum atomic E-state index is -0.851. The zero-order valence-electron chi connectivity index (χ0n) is 20.0. The monoisotopic (exact) mass is 452 g/mol. The fourth-order valence-electron chi connectivity index (χ4n) is 6.03. The lowest BCUT2D eigenvalue weighted by Crippen LogP contribution is -2.32. The zero-order valence-corrected chi connectivity index (χ0v) is 20.0. The van der Waals surface area contributed by atoms with E-state index in [1.165, 1.54) is 43.2 Å². The standard InChI is InChI=1S/C30H38F2O/c1-3-5-7-24-16-17-28(30(32)29(24)31)33-20-22-10-13-27-19-26(15-14-25(27)18-22)23-11-8-21(6-4-2)9-12-23/h3,8-9,11-12,16-17,22,25-27H,1,4-7,10,13-15,18-20H2,2H3. The van der Waals surface area contributed by atoms with Gasteiger partial charge in [0.2, 0.25) is 5.82 Å². The highest BCUT2D eigenvalue weighted by molar-refractivity contribution is 5.31. The molecule has 0 amide bonds. The van der Waals surface area contributed by atoms with Crippen LogP contribution in [0.4, 0.5) is 8.78 Å². The van der Waals surface area contributed by atoms with E-state index < -0.39 is 11.6 Å². The summed E-state index contributed by atoms with van der Waals surface area (Å²) in [6.07, 6.45) is 12.5. The van der Waals surface area contributed by atoms with Crippen molar-refractivity contribution >= 4 is 0 Å². The second-order valence-electron chi connectivity index (χ2n) is 10.2. The molecule has 0 bridgehead atoms. The molecule has 0 spiro atoms. The Morgan fingerprint density at radius 1 is 0.909 bits per heavy atom. The third-order valence-corrected chi connectivity index (χ3v) is 7.93. The first kappa shape index (κ1) is 24.0. The first-order valence-electron chi connectivity index (χ1n) is 12.9. The largest absolute Gasteiger partial charge is 0.490 e. The highest BCUT2D eigenvalue weighted by Crippen LogP contribution is 2.47. The molecule has 4 atom stereocenters. The van der Waals surface area contributed by atoms with Crippen molar-refractivity contribution in [2.75, 3.05) is 6.61 Å². The average molecular weight is 453 g/mol. The van der Waals surface area contributed by atoms with Gasteiger partial charge in [-0.15, -0.1) is 6.58 Å². The van der Waals surface area contributed by atoms with Gasteiger partial charge in [0.25, 0.3) is 0 Å². The number of rotatable bonds is 9. The van der Waals surface area contributed by atoms with Crippen molar-refractivity contribution in [3.8, 4) is 5.75 Å². The number of hydrogen-bond donors (Lipinski definition) is 0. The molecular formula is C30H38F2O. The van der Waals surface area contributed by atoms with Gasteiger partial charge < -0.3 is 4.74 Å². The Hall–Kier alpha value is -2.16. The van der Waals surface area contributed by atoms with Crippen LogP contribution in [-0.4, -0.2) is 6.61 Å². The van der Waals surface area contributed by atoms with E-state index in [2.05, 4.69) is 37.8 Å². The van der Waals surface area contributed by atoms with Gasteiger partial charge >= 0.3 is 0 Å². The minimum absolute atomic E-state index is 0.0483. The minimum Gasteiger partial charge on any atom is -0.490 e. The molecule has 2 saturated carbocycles. The smallest absolute Gasteiger partial charge is 0.200 e. The molecule has 2 aromatic carbocycles. The SMILES string of the molecule is C=CCCc1ccc(OCC2CCC3CC(c4ccc(CCC)cc4)CCC3C2)c(F)c1F. The van der Waals surface area contributed by atoms with Crippen LogP contribution in [0.2, 0.25) is 0 Å². The number of fused-ring (bicyclic) bond motifs is 1. The number of hydrogen-bond acceptors (Lipinski definition) is 1. The van der Waals surface area contributed by atoms with Crippen LogP contribution < -0.4 is 4.74 Å². The van der Waals surface area contributed by atoms with E-state index in [-0.39, 0.29) is 5.75 Å². The summed E-state index contributed by atoms with van der Waals surface area (Å²) in [6.45, 7) is 6.35. The van der Waals surface area contributed by atoms with Crippen LogP contribution in [0.15, 0.2) is 49.1 Å².